The molecular weight excluding hydrogens is 463 g/mol. The van der Waals surface area contributed by atoms with Gasteiger partial charge in [-0.3, -0.25) is 9.59 Å². The van der Waals surface area contributed by atoms with Gasteiger partial charge < -0.3 is 10.2 Å². The van der Waals surface area contributed by atoms with Crippen LogP contribution in [0, 0.1) is 0 Å². The Bertz CT molecular complexity index is 872. The molecule has 1 atom stereocenters. The van der Waals surface area contributed by atoms with Gasteiger partial charge >= 0.3 is 0 Å². The van der Waals surface area contributed by atoms with Crippen LogP contribution in [0.25, 0.3) is 0 Å². The Labute approximate surface area is 197 Å². The van der Waals surface area contributed by atoms with E-state index in [1.54, 1.807) is 36.1 Å². The molecule has 0 aromatic heterocycles. The Kier molecular flexibility index (Phi) is 9.82. The maximum absolute atomic E-state index is 13.1. The van der Waals surface area contributed by atoms with E-state index in [0.29, 0.717) is 20.8 Å². The zero-order chi connectivity index (χ0) is 22.3. The zero-order valence-corrected chi connectivity index (χ0v) is 20.2. The van der Waals surface area contributed by atoms with Crippen LogP contribution in [-0.2, 0) is 21.9 Å². The van der Waals surface area contributed by atoms with E-state index in [0.717, 1.165) is 11.1 Å². The summed E-state index contributed by atoms with van der Waals surface area (Å²) in [5.41, 5.74) is 1.58. The van der Waals surface area contributed by atoms with Crippen LogP contribution in [0.5, 0.6) is 0 Å². The highest BCUT2D eigenvalue weighted by Crippen LogP contribution is 2.28. The van der Waals surface area contributed by atoms with Gasteiger partial charge in [0.1, 0.15) is 6.04 Å². The van der Waals surface area contributed by atoms with E-state index < -0.39 is 6.04 Å². The van der Waals surface area contributed by atoms with Crippen molar-refractivity contribution in [3.8, 4) is 0 Å². The summed E-state index contributed by atoms with van der Waals surface area (Å²) in [5, 5.41) is 4.56. The normalized spacial score (nSPS) is 12.0. The Hall–Kier alpha value is -1.40. The molecule has 2 aromatic rings. The number of carbonyl (C=O) groups is 2. The highest BCUT2D eigenvalue weighted by Gasteiger charge is 2.27. The van der Waals surface area contributed by atoms with Crippen LogP contribution >= 0.6 is 46.6 Å². The molecule has 0 fully saturated rings. The first-order valence-corrected chi connectivity index (χ1v) is 11.8. The largest absolute Gasteiger partial charge is 0.352 e. The maximum Gasteiger partial charge on any atom is 0.242 e. The molecule has 0 saturated carbocycles. The minimum Gasteiger partial charge on any atom is -0.352 e. The van der Waals surface area contributed by atoms with Crippen molar-refractivity contribution in [2.75, 3.05) is 5.75 Å². The predicted octanol–water partition coefficient (Wildman–Crippen LogP) is 5.82. The summed E-state index contributed by atoms with van der Waals surface area (Å²) in [6.07, 6.45) is 0. The molecule has 0 aliphatic heterocycles. The molecule has 0 heterocycles. The first-order chi connectivity index (χ1) is 14.2. The minimum atomic E-state index is -0.638. The quantitative estimate of drug-likeness (QED) is 0.485. The van der Waals surface area contributed by atoms with Crippen molar-refractivity contribution in [3.63, 3.8) is 0 Å². The van der Waals surface area contributed by atoms with Gasteiger partial charge in [0.05, 0.1) is 5.75 Å². The van der Waals surface area contributed by atoms with E-state index in [4.69, 9.17) is 34.8 Å². The molecule has 0 saturated heterocycles. The molecule has 30 heavy (non-hydrogen) atoms. The lowest BCUT2D eigenvalue weighted by molar-refractivity contribution is -0.138. The topological polar surface area (TPSA) is 49.4 Å². The lowest BCUT2D eigenvalue weighted by Crippen LogP contribution is -2.49. The first kappa shape index (κ1) is 24.9. The fourth-order valence-electron chi connectivity index (χ4n) is 2.79. The number of nitrogens with zero attached hydrogens (tertiary/aromatic N) is 1. The van der Waals surface area contributed by atoms with E-state index >= 15 is 0 Å². The van der Waals surface area contributed by atoms with Crippen LogP contribution in [0.3, 0.4) is 0 Å². The smallest absolute Gasteiger partial charge is 0.242 e. The summed E-state index contributed by atoms with van der Waals surface area (Å²) in [7, 11) is 0. The Balaban J connectivity index is 2.13. The van der Waals surface area contributed by atoms with Gasteiger partial charge in [-0.25, -0.2) is 0 Å². The number of rotatable bonds is 9. The number of carbonyl (C=O) groups excluding carboxylic acids is 2. The highest BCUT2D eigenvalue weighted by atomic mass is 35.5. The maximum atomic E-state index is 13.1. The number of amides is 2. The van der Waals surface area contributed by atoms with Gasteiger partial charge in [-0.15, -0.1) is 11.8 Å². The summed E-state index contributed by atoms with van der Waals surface area (Å²) in [6, 6.07) is 12.0. The SMILES string of the molecule is CC(C)NC(=O)[C@H](C)N(Cc1ccccc1Cl)C(=O)CSCc1c(Cl)cccc1Cl. The van der Waals surface area contributed by atoms with Gasteiger partial charge in [-0.2, -0.15) is 0 Å². The Morgan fingerprint density at radius 1 is 0.967 bits per heavy atom. The molecule has 0 bridgehead atoms. The highest BCUT2D eigenvalue weighted by molar-refractivity contribution is 7.99. The fraction of sp³-hybridized carbons (Fsp3) is 0.364. The fourth-order valence-corrected chi connectivity index (χ4v) is 4.63. The average molecular weight is 488 g/mol. The molecule has 8 heteroatoms. The van der Waals surface area contributed by atoms with Gasteiger partial charge in [-0.1, -0.05) is 59.1 Å². The van der Waals surface area contributed by atoms with Gasteiger partial charge in [0.25, 0.3) is 0 Å². The second-order valence-corrected chi connectivity index (χ2v) is 9.35. The molecule has 2 aromatic carbocycles. The molecule has 0 aliphatic rings. The molecule has 0 unspecified atom stereocenters. The molecule has 0 radical (unpaired) electrons. The van der Waals surface area contributed by atoms with Gasteiger partial charge in [0, 0.05) is 33.4 Å². The molecule has 4 nitrogen and oxygen atoms in total. The second kappa shape index (κ2) is 11.8. The van der Waals surface area contributed by atoms with E-state index in [1.165, 1.54) is 11.8 Å². The minimum absolute atomic E-state index is 0.0195. The van der Waals surface area contributed by atoms with Crippen molar-refractivity contribution in [1.29, 1.82) is 0 Å². The molecule has 2 amide bonds. The number of thioether (sulfide) groups is 1. The van der Waals surface area contributed by atoms with Crippen LogP contribution in [0.15, 0.2) is 42.5 Å². The average Bonchev–Trinajstić information content (AvgIpc) is 2.68. The molecule has 0 aliphatic carbocycles. The van der Waals surface area contributed by atoms with Crippen LogP contribution in [-0.4, -0.2) is 34.6 Å². The van der Waals surface area contributed by atoms with Crippen molar-refractivity contribution in [1.82, 2.24) is 10.2 Å². The molecular formula is C22H25Cl3N2O2S. The lowest BCUT2D eigenvalue weighted by atomic mass is 10.1. The summed E-state index contributed by atoms with van der Waals surface area (Å²) in [5.74, 6) is 0.321. The number of hydrogen-bond donors (Lipinski definition) is 1. The molecule has 162 valence electrons. The van der Waals surface area contributed by atoms with Gasteiger partial charge in [0.2, 0.25) is 11.8 Å². The van der Waals surface area contributed by atoms with Crippen LogP contribution < -0.4 is 5.32 Å². The molecule has 2 rings (SSSR count). The number of hydrogen-bond acceptors (Lipinski definition) is 3. The summed E-state index contributed by atoms with van der Waals surface area (Å²) in [4.78, 5) is 27.2. The van der Waals surface area contributed by atoms with Gasteiger partial charge in [0.15, 0.2) is 0 Å². The van der Waals surface area contributed by atoms with Crippen LogP contribution in [0.4, 0.5) is 0 Å². The Morgan fingerprint density at radius 2 is 1.57 bits per heavy atom. The van der Waals surface area contributed by atoms with Crippen molar-refractivity contribution in [2.45, 2.75) is 45.2 Å². The third-order valence-electron chi connectivity index (χ3n) is 4.43. The third-order valence-corrected chi connectivity index (χ3v) is 6.45. The van der Waals surface area contributed by atoms with Crippen molar-refractivity contribution < 1.29 is 9.59 Å². The van der Waals surface area contributed by atoms with Crippen molar-refractivity contribution in [2.24, 2.45) is 0 Å². The van der Waals surface area contributed by atoms with E-state index in [2.05, 4.69) is 5.32 Å². The number of halogens is 3. The third kappa shape index (κ3) is 7.09. The zero-order valence-electron chi connectivity index (χ0n) is 17.1. The molecule has 0 spiro atoms. The number of nitrogens with one attached hydrogen (secondary N) is 1. The second-order valence-electron chi connectivity index (χ2n) is 7.15. The van der Waals surface area contributed by atoms with E-state index in [1.807, 2.05) is 32.0 Å². The molecule has 1 N–H and O–H groups in total. The van der Waals surface area contributed by atoms with Crippen molar-refractivity contribution >= 4 is 58.4 Å². The van der Waals surface area contributed by atoms with Crippen LogP contribution in [0.1, 0.15) is 31.9 Å². The summed E-state index contributed by atoms with van der Waals surface area (Å²) < 4.78 is 0. The monoisotopic (exact) mass is 486 g/mol. The summed E-state index contributed by atoms with van der Waals surface area (Å²) >= 11 is 20.1. The van der Waals surface area contributed by atoms with E-state index in [-0.39, 0.29) is 30.2 Å². The van der Waals surface area contributed by atoms with E-state index in [9.17, 15) is 9.59 Å². The van der Waals surface area contributed by atoms with Gasteiger partial charge in [-0.05, 0) is 50.1 Å². The lowest BCUT2D eigenvalue weighted by Gasteiger charge is -2.29. The predicted molar refractivity (Wildman–Crippen MR) is 127 cm³/mol. The van der Waals surface area contributed by atoms with Crippen molar-refractivity contribution in [3.05, 3.63) is 68.7 Å². The number of benzene rings is 2. The summed E-state index contributed by atoms with van der Waals surface area (Å²) in [6.45, 7) is 5.74. The van der Waals surface area contributed by atoms with Crippen LogP contribution in [0.2, 0.25) is 15.1 Å². The Morgan fingerprint density at radius 3 is 2.17 bits per heavy atom. The standard InChI is InChI=1S/C22H25Cl3N2O2S/c1-14(2)26-22(29)15(3)27(11-16-7-4-5-8-18(16)23)21(28)13-30-12-17-19(24)9-6-10-20(17)25/h4-10,14-15H,11-13H2,1-3H3,(H,26,29)/t15-/m0/s1. The first-order valence-electron chi connectivity index (χ1n) is 9.54.